The Morgan fingerprint density at radius 3 is 1.93 bits per heavy atom. The molecule has 0 aromatic heterocycles. The average molecular weight is 208 g/mol. The maximum atomic E-state index is 2.46. The van der Waals surface area contributed by atoms with Crippen LogP contribution in [-0.4, -0.2) is 0 Å². The van der Waals surface area contributed by atoms with Gasteiger partial charge in [0.2, 0.25) is 0 Å². The molecule has 0 aliphatic heterocycles. The van der Waals surface area contributed by atoms with Crippen molar-refractivity contribution in [3.63, 3.8) is 0 Å². The van der Waals surface area contributed by atoms with Crippen molar-refractivity contribution < 1.29 is 0 Å². The molecule has 2 rings (SSSR count). The van der Waals surface area contributed by atoms with Crippen LogP contribution in [0.2, 0.25) is 0 Å². The Labute approximate surface area is 95.8 Å². The van der Waals surface area contributed by atoms with E-state index >= 15 is 0 Å². The summed E-state index contributed by atoms with van der Waals surface area (Å²) in [4.78, 5) is 0. The maximum absolute atomic E-state index is 2.46. The third kappa shape index (κ3) is 2.77. The van der Waals surface area contributed by atoms with Gasteiger partial charge in [0.1, 0.15) is 0 Å². The summed E-state index contributed by atoms with van der Waals surface area (Å²) in [5.41, 5.74) is 0. The van der Waals surface area contributed by atoms with Gasteiger partial charge in [-0.15, -0.1) is 0 Å². The molecule has 0 aromatic carbocycles. The second kappa shape index (κ2) is 5.37. The Kier molecular flexibility index (Phi) is 4.11. The van der Waals surface area contributed by atoms with E-state index in [4.69, 9.17) is 0 Å². The van der Waals surface area contributed by atoms with Crippen molar-refractivity contribution in [3.8, 4) is 0 Å². The zero-order valence-corrected chi connectivity index (χ0v) is 10.7. The molecule has 88 valence electrons. The van der Waals surface area contributed by atoms with Gasteiger partial charge in [0.05, 0.1) is 0 Å². The van der Waals surface area contributed by atoms with Gasteiger partial charge >= 0.3 is 0 Å². The van der Waals surface area contributed by atoms with Gasteiger partial charge in [-0.1, -0.05) is 46.0 Å². The Balaban J connectivity index is 1.76. The Morgan fingerprint density at radius 1 is 0.867 bits per heavy atom. The number of hydrogen-bond acceptors (Lipinski definition) is 0. The van der Waals surface area contributed by atoms with E-state index in [2.05, 4.69) is 13.8 Å². The lowest BCUT2D eigenvalue weighted by atomic mass is 9.71. The molecule has 1 atom stereocenters. The fourth-order valence-electron chi connectivity index (χ4n) is 3.95. The molecule has 2 fully saturated rings. The van der Waals surface area contributed by atoms with Crippen LogP contribution >= 0.6 is 0 Å². The second-order valence-electron chi connectivity index (χ2n) is 6.10. The first kappa shape index (κ1) is 11.5. The van der Waals surface area contributed by atoms with Gasteiger partial charge < -0.3 is 0 Å². The summed E-state index contributed by atoms with van der Waals surface area (Å²) in [6.45, 7) is 4.81. The lowest BCUT2D eigenvalue weighted by Gasteiger charge is -2.34. The van der Waals surface area contributed by atoms with Crippen molar-refractivity contribution >= 4 is 0 Å². The lowest BCUT2D eigenvalue weighted by molar-refractivity contribution is 0.168. The predicted molar refractivity (Wildman–Crippen MR) is 66.9 cm³/mol. The van der Waals surface area contributed by atoms with Gasteiger partial charge in [0.15, 0.2) is 0 Å². The van der Waals surface area contributed by atoms with Crippen molar-refractivity contribution in [1.29, 1.82) is 0 Å². The van der Waals surface area contributed by atoms with Crippen LogP contribution in [0.5, 0.6) is 0 Å². The van der Waals surface area contributed by atoms with Crippen molar-refractivity contribution in [3.05, 3.63) is 0 Å². The first-order valence-electron chi connectivity index (χ1n) is 7.31. The second-order valence-corrected chi connectivity index (χ2v) is 6.10. The van der Waals surface area contributed by atoms with Crippen LogP contribution in [0.1, 0.15) is 71.6 Å². The summed E-state index contributed by atoms with van der Waals surface area (Å²) in [6, 6.07) is 0. The van der Waals surface area contributed by atoms with E-state index in [0.29, 0.717) is 0 Å². The SMILES string of the molecule is CCC(C)C1CCC(C2CCCC2)CC1. The molecule has 0 nitrogen and oxygen atoms in total. The lowest BCUT2D eigenvalue weighted by Crippen LogP contribution is -2.23. The molecule has 0 radical (unpaired) electrons. The summed E-state index contributed by atoms with van der Waals surface area (Å²) >= 11 is 0. The van der Waals surface area contributed by atoms with Crippen molar-refractivity contribution in [2.45, 2.75) is 71.6 Å². The van der Waals surface area contributed by atoms with Crippen LogP contribution in [0.4, 0.5) is 0 Å². The minimum atomic E-state index is 0.981. The summed E-state index contributed by atoms with van der Waals surface area (Å²) in [6.07, 6.45) is 13.7. The van der Waals surface area contributed by atoms with E-state index in [0.717, 1.165) is 23.7 Å². The topological polar surface area (TPSA) is 0 Å². The van der Waals surface area contributed by atoms with Crippen LogP contribution in [0.3, 0.4) is 0 Å². The molecule has 0 bridgehead atoms. The normalized spacial score (nSPS) is 35.6. The quantitative estimate of drug-likeness (QED) is 0.610. The van der Waals surface area contributed by atoms with Gasteiger partial charge in [-0.25, -0.2) is 0 Å². The smallest absolute Gasteiger partial charge is 0.0386 e. The molecule has 2 aliphatic rings. The summed E-state index contributed by atoms with van der Waals surface area (Å²) < 4.78 is 0. The van der Waals surface area contributed by atoms with Crippen LogP contribution in [0.15, 0.2) is 0 Å². The van der Waals surface area contributed by atoms with E-state index in [1.54, 1.807) is 25.7 Å². The van der Waals surface area contributed by atoms with Gasteiger partial charge in [0, 0.05) is 0 Å². The number of rotatable bonds is 3. The molecular formula is C15H28. The molecule has 1 unspecified atom stereocenters. The largest absolute Gasteiger partial charge is 0.0651 e. The van der Waals surface area contributed by atoms with E-state index in [-0.39, 0.29) is 0 Å². The summed E-state index contributed by atoms with van der Waals surface area (Å²) in [5, 5.41) is 0. The fraction of sp³-hybridized carbons (Fsp3) is 1.00. The average Bonchev–Trinajstić information content (AvgIpc) is 2.82. The van der Waals surface area contributed by atoms with Gasteiger partial charge in [-0.3, -0.25) is 0 Å². The zero-order valence-electron chi connectivity index (χ0n) is 10.7. The first-order valence-corrected chi connectivity index (χ1v) is 7.31. The van der Waals surface area contributed by atoms with Crippen molar-refractivity contribution in [2.75, 3.05) is 0 Å². The van der Waals surface area contributed by atoms with E-state index < -0.39 is 0 Å². The third-order valence-electron chi connectivity index (χ3n) is 5.33. The molecule has 0 heterocycles. The molecule has 0 amide bonds. The van der Waals surface area contributed by atoms with Crippen LogP contribution in [-0.2, 0) is 0 Å². The molecule has 0 heteroatoms. The first-order chi connectivity index (χ1) is 7.31. The highest BCUT2D eigenvalue weighted by molar-refractivity contribution is 4.82. The Hall–Kier alpha value is 0. The highest BCUT2D eigenvalue weighted by Crippen LogP contribution is 2.42. The minimum Gasteiger partial charge on any atom is -0.0651 e. The molecule has 2 aliphatic carbocycles. The molecular weight excluding hydrogens is 180 g/mol. The molecule has 0 saturated heterocycles. The summed E-state index contributed by atoms with van der Waals surface area (Å²) in [7, 11) is 0. The Bertz CT molecular complexity index is 170. The molecule has 0 spiro atoms. The highest BCUT2D eigenvalue weighted by Gasteiger charge is 2.30. The summed E-state index contributed by atoms with van der Waals surface area (Å²) in [5.74, 6) is 4.29. The zero-order chi connectivity index (χ0) is 10.7. The van der Waals surface area contributed by atoms with Gasteiger partial charge in [0.25, 0.3) is 0 Å². The highest BCUT2D eigenvalue weighted by atomic mass is 14.4. The minimum absolute atomic E-state index is 0.981. The Morgan fingerprint density at radius 2 is 1.40 bits per heavy atom. The molecule has 15 heavy (non-hydrogen) atoms. The predicted octanol–water partition coefficient (Wildman–Crippen LogP) is 5.03. The van der Waals surface area contributed by atoms with Crippen LogP contribution in [0.25, 0.3) is 0 Å². The van der Waals surface area contributed by atoms with E-state index in [1.165, 1.54) is 32.1 Å². The van der Waals surface area contributed by atoms with Crippen LogP contribution in [0, 0.1) is 23.7 Å². The van der Waals surface area contributed by atoms with Gasteiger partial charge in [-0.05, 0) is 49.4 Å². The maximum Gasteiger partial charge on any atom is -0.0386 e. The van der Waals surface area contributed by atoms with E-state index in [1.807, 2.05) is 0 Å². The molecule has 0 aromatic rings. The van der Waals surface area contributed by atoms with Crippen molar-refractivity contribution in [1.82, 2.24) is 0 Å². The van der Waals surface area contributed by atoms with Crippen molar-refractivity contribution in [2.24, 2.45) is 23.7 Å². The fourth-order valence-corrected chi connectivity index (χ4v) is 3.95. The molecule has 2 saturated carbocycles. The van der Waals surface area contributed by atoms with Crippen LogP contribution < -0.4 is 0 Å². The monoisotopic (exact) mass is 208 g/mol. The number of hydrogen-bond donors (Lipinski definition) is 0. The third-order valence-corrected chi connectivity index (χ3v) is 5.33. The standard InChI is InChI=1S/C15H28/c1-3-12(2)13-8-10-15(11-9-13)14-6-4-5-7-14/h12-15H,3-11H2,1-2H3. The van der Waals surface area contributed by atoms with Gasteiger partial charge in [-0.2, -0.15) is 0 Å². The van der Waals surface area contributed by atoms with E-state index in [9.17, 15) is 0 Å². The molecule has 0 N–H and O–H groups in total.